The Hall–Kier alpha value is -8.22. The lowest BCUT2D eigenvalue weighted by atomic mass is 10.0. The van der Waals surface area contributed by atoms with E-state index in [0.717, 1.165) is 112 Å². The number of benzene rings is 4. The number of nitrogens with one attached hydrogen (secondary N) is 2. The molecule has 0 spiro atoms. The van der Waals surface area contributed by atoms with Crippen LogP contribution in [0.3, 0.4) is 0 Å². The van der Waals surface area contributed by atoms with Crippen molar-refractivity contribution in [3.8, 4) is 44.5 Å². The fourth-order valence-electron chi connectivity index (χ4n) is 8.25. The topological polar surface area (TPSA) is 83.1 Å². The molecular weight excluding hydrogens is 733 g/mol. The third kappa shape index (κ3) is 6.62. The van der Waals surface area contributed by atoms with Gasteiger partial charge in [-0.3, -0.25) is 0 Å². The maximum absolute atomic E-state index is 5.19. The molecule has 0 aliphatic carbocycles. The standard InChI is InChI=1S/C54H36N6/c1-5-13-35(14-6-1)51-43-25-21-39(55-43)33-40-22-27-45(56-40)53(37-17-9-3-10-18-37)49-31-32-50(60-49)54(38-19-11-4-12-20-38)46-28-24-42(58-46)34-41-23-26-44(57-41)52(36-15-7-2-8-16-36)48-30-29-47(51)59-48/h1-34,59-60H. The molecule has 6 nitrogen and oxygen atoms in total. The molecule has 4 aliphatic heterocycles. The number of aromatic nitrogens is 6. The zero-order valence-electron chi connectivity index (χ0n) is 32.4. The van der Waals surface area contributed by atoms with E-state index in [-0.39, 0.29) is 0 Å². The fourth-order valence-corrected chi connectivity index (χ4v) is 8.25. The molecule has 3 aromatic heterocycles. The molecule has 282 valence electrons. The summed E-state index contributed by atoms with van der Waals surface area (Å²) < 4.78 is 0. The first-order chi connectivity index (χ1) is 29.7. The second kappa shape index (κ2) is 14.9. The molecule has 60 heavy (non-hydrogen) atoms. The van der Waals surface area contributed by atoms with Crippen molar-refractivity contribution in [1.29, 1.82) is 0 Å². The number of rotatable bonds is 4. The van der Waals surface area contributed by atoms with Crippen molar-refractivity contribution < 1.29 is 0 Å². The minimum atomic E-state index is 0.831. The van der Waals surface area contributed by atoms with Crippen molar-refractivity contribution in [1.82, 2.24) is 29.9 Å². The molecule has 0 unspecified atom stereocenters. The Kier molecular flexibility index (Phi) is 8.71. The van der Waals surface area contributed by atoms with E-state index in [2.05, 4.69) is 180 Å². The first-order valence-corrected chi connectivity index (χ1v) is 20.1. The van der Waals surface area contributed by atoms with E-state index in [1.54, 1.807) is 0 Å². The number of H-pyrrole nitrogens is 2. The van der Waals surface area contributed by atoms with Crippen molar-refractivity contribution in [2.75, 3.05) is 0 Å². The van der Waals surface area contributed by atoms with Crippen LogP contribution in [-0.4, -0.2) is 29.9 Å². The molecule has 0 saturated carbocycles. The van der Waals surface area contributed by atoms with Gasteiger partial charge in [-0.2, -0.15) is 0 Å². The normalized spacial score (nSPS) is 12.4. The number of aromatic amines is 2. The van der Waals surface area contributed by atoms with E-state index in [0.29, 0.717) is 0 Å². The highest BCUT2D eigenvalue weighted by Gasteiger charge is 2.17. The molecule has 0 atom stereocenters. The second-order valence-electron chi connectivity index (χ2n) is 14.8. The highest BCUT2D eigenvalue weighted by atomic mass is 14.8. The molecule has 0 radical (unpaired) electrons. The molecule has 4 aliphatic rings. The average Bonchev–Trinajstić information content (AvgIpc) is 4.16. The monoisotopic (exact) mass is 768 g/mol. The Morgan fingerprint density at radius 3 is 0.717 bits per heavy atom. The maximum atomic E-state index is 5.19. The SMILES string of the molecule is C1=Cc2nc1cc1nc(c(-c3ccccc3)c3ccc([nH]3)c(-c3ccccc3)c3nc(cc4nc(c(-c5ccccc5)c5ccc([nH]5)c2-c2ccccc2)C=C4)C=C3)C=C1. The van der Waals surface area contributed by atoms with E-state index in [1.807, 2.05) is 36.4 Å². The van der Waals surface area contributed by atoms with Crippen LogP contribution in [0.15, 0.2) is 158 Å². The van der Waals surface area contributed by atoms with Crippen LogP contribution in [0.5, 0.6) is 0 Å². The number of hydrogen-bond donors (Lipinski definition) is 2. The summed E-state index contributed by atoms with van der Waals surface area (Å²) in [4.78, 5) is 28.3. The molecule has 6 heteroatoms. The van der Waals surface area contributed by atoms with Crippen molar-refractivity contribution in [2.24, 2.45) is 0 Å². The predicted molar refractivity (Wildman–Crippen MR) is 249 cm³/mol. The summed E-state index contributed by atoms with van der Waals surface area (Å²) in [6.45, 7) is 0. The minimum Gasteiger partial charge on any atom is -0.354 e. The van der Waals surface area contributed by atoms with E-state index in [4.69, 9.17) is 19.9 Å². The zero-order valence-corrected chi connectivity index (χ0v) is 32.4. The van der Waals surface area contributed by atoms with Crippen molar-refractivity contribution in [3.63, 3.8) is 0 Å². The Balaban J connectivity index is 1.24. The Morgan fingerprint density at radius 1 is 0.250 bits per heavy atom. The quantitative estimate of drug-likeness (QED) is 0.187. The second-order valence-corrected chi connectivity index (χ2v) is 14.8. The molecule has 2 N–H and O–H groups in total. The van der Waals surface area contributed by atoms with Crippen molar-refractivity contribution >= 4 is 70.7 Å². The van der Waals surface area contributed by atoms with Crippen LogP contribution in [0, 0.1) is 0 Å². The largest absolute Gasteiger partial charge is 0.354 e. The fraction of sp³-hybridized carbons (Fsp3) is 0. The maximum Gasteiger partial charge on any atom is 0.0736 e. The minimum absolute atomic E-state index is 0.831. The molecule has 7 heterocycles. The smallest absolute Gasteiger partial charge is 0.0736 e. The van der Waals surface area contributed by atoms with Crippen LogP contribution in [0.25, 0.3) is 115 Å². The van der Waals surface area contributed by atoms with Crippen LogP contribution >= 0.6 is 0 Å². The van der Waals surface area contributed by atoms with Gasteiger partial charge in [0.1, 0.15) is 0 Å². The summed E-state index contributed by atoms with van der Waals surface area (Å²) in [6, 6.07) is 54.4. The Labute approximate surface area is 347 Å². The molecule has 7 aromatic rings. The molecule has 0 amide bonds. The summed E-state index contributed by atoms with van der Waals surface area (Å²) >= 11 is 0. The van der Waals surface area contributed by atoms with Gasteiger partial charge in [-0.1, -0.05) is 121 Å². The van der Waals surface area contributed by atoms with Gasteiger partial charge in [0, 0.05) is 44.3 Å². The van der Waals surface area contributed by atoms with Gasteiger partial charge in [0.2, 0.25) is 0 Å². The van der Waals surface area contributed by atoms with Crippen LogP contribution in [0.2, 0.25) is 0 Å². The summed E-state index contributed by atoms with van der Waals surface area (Å²) in [6.07, 6.45) is 16.6. The van der Waals surface area contributed by atoms with Crippen LogP contribution in [0.1, 0.15) is 45.6 Å². The molecule has 4 aromatic carbocycles. The third-order valence-corrected chi connectivity index (χ3v) is 11.0. The molecule has 0 fully saturated rings. The highest BCUT2D eigenvalue weighted by molar-refractivity contribution is 5.97. The predicted octanol–water partition coefficient (Wildman–Crippen LogP) is 13.3. The Bertz CT molecular complexity index is 2840. The average molecular weight is 769 g/mol. The van der Waals surface area contributed by atoms with Gasteiger partial charge >= 0.3 is 0 Å². The zero-order chi connectivity index (χ0) is 39.8. The van der Waals surface area contributed by atoms with Crippen molar-refractivity contribution in [2.45, 2.75) is 0 Å². The van der Waals surface area contributed by atoms with Crippen molar-refractivity contribution in [3.05, 3.63) is 203 Å². The van der Waals surface area contributed by atoms with Gasteiger partial charge in [-0.25, -0.2) is 19.9 Å². The lowest BCUT2D eigenvalue weighted by Crippen LogP contribution is -1.87. The molecule has 0 saturated heterocycles. The summed E-state index contributed by atoms with van der Waals surface area (Å²) in [5.74, 6) is 0. The van der Waals surface area contributed by atoms with Gasteiger partial charge in [-0.05, 0) is 107 Å². The van der Waals surface area contributed by atoms with Gasteiger partial charge in [0.15, 0.2) is 0 Å². The van der Waals surface area contributed by atoms with Crippen LogP contribution in [-0.2, 0) is 0 Å². The summed E-state index contributed by atoms with van der Waals surface area (Å²) in [7, 11) is 0. The van der Waals surface area contributed by atoms with E-state index < -0.39 is 0 Å². The van der Waals surface area contributed by atoms with Gasteiger partial charge in [0.05, 0.1) is 45.6 Å². The third-order valence-electron chi connectivity index (χ3n) is 11.0. The van der Waals surface area contributed by atoms with Gasteiger partial charge in [0.25, 0.3) is 0 Å². The van der Waals surface area contributed by atoms with Gasteiger partial charge in [-0.15, -0.1) is 0 Å². The van der Waals surface area contributed by atoms with Crippen LogP contribution < -0.4 is 0 Å². The molecule has 11 rings (SSSR count). The lowest BCUT2D eigenvalue weighted by Gasteiger charge is -2.05. The summed E-state index contributed by atoms with van der Waals surface area (Å²) in [5.41, 5.74) is 19.0. The highest BCUT2D eigenvalue weighted by Crippen LogP contribution is 2.36. The van der Waals surface area contributed by atoms with Crippen LogP contribution in [0.4, 0.5) is 0 Å². The first kappa shape index (κ1) is 35.0. The van der Waals surface area contributed by atoms with Gasteiger partial charge < -0.3 is 9.97 Å². The first-order valence-electron chi connectivity index (χ1n) is 20.1. The summed E-state index contributed by atoms with van der Waals surface area (Å²) in [5, 5.41) is 0. The van der Waals surface area contributed by atoms with E-state index in [9.17, 15) is 0 Å². The molecular formula is C54H36N6. The number of hydrogen-bond acceptors (Lipinski definition) is 4. The molecule has 12 bridgehead atoms. The number of nitrogens with zero attached hydrogens (tertiary/aromatic N) is 4. The van der Waals surface area contributed by atoms with E-state index >= 15 is 0 Å². The lowest BCUT2D eigenvalue weighted by molar-refractivity contribution is 1.27. The number of fused-ring (bicyclic) bond motifs is 12. The Morgan fingerprint density at radius 2 is 0.483 bits per heavy atom. The van der Waals surface area contributed by atoms with E-state index in [1.165, 1.54) is 0 Å².